The van der Waals surface area contributed by atoms with Crippen molar-refractivity contribution >= 4 is 23.1 Å². The lowest BCUT2D eigenvalue weighted by Gasteiger charge is -1.89. The minimum Gasteiger partial charge on any atom is -0.197 e. The zero-order chi connectivity index (χ0) is 8.55. The minimum absolute atomic E-state index is 0.381. The van der Waals surface area contributed by atoms with Crippen LogP contribution in [0.2, 0.25) is 0 Å². The number of aromatic nitrogens is 2. The van der Waals surface area contributed by atoms with E-state index in [-0.39, 0.29) is 0 Å². The molecule has 1 fully saturated rings. The van der Waals surface area contributed by atoms with Gasteiger partial charge >= 0.3 is 0 Å². The Morgan fingerprint density at radius 2 is 2.17 bits per heavy atom. The molecule has 0 amide bonds. The van der Waals surface area contributed by atoms with Crippen LogP contribution in [-0.4, -0.2) is 16.0 Å². The summed E-state index contributed by atoms with van der Waals surface area (Å²) in [5.41, 5.74) is 0. The molecule has 0 spiro atoms. The zero-order valence-electron chi connectivity index (χ0n) is 6.04. The van der Waals surface area contributed by atoms with Gasteiger partial charge in [-0.3, -0.25) is 0 Å². The molecular formula is C6H6F2N2S2. The molecule has 0 atom stereocenters. The monoisotopic (exact) mass is 208 g/mol. The second kappa shape index (κ2) is 3.26. The van der Waals surface area contributed by atoms with Gasteiger partial charge in [0.1, 0.15) is 5.01 Å². The Balaban J connectivity index is 2.03. The van der Waals surface area contributed by atoms with E-state index >= 15 is 0 Å². The van der Waals surface area contributed by atoms with E-state index in [2.05, 4.69) is 10.2 Å². The highest BCUT2D eigenvalue weighted by Crippen LogP contribution is 2.43. The molecular weight excluding hydrogens is 202 g/mol. The molecule has 1 aliphatic carbocycles. The maximum Gasteiger partial charge on any atom is 0.291 e. The van der Waals surface area contributed by atoms with Gasteiger partial charge in [0.25, 0.3) is 5.76 Å². The summed E-state index contributed by atoms with van der Waals surface area (Å²) in [6, 6.07) is 0. The van der Waals surface area contributed by atoms with Crippen LogP contribution in [0.5, 0.6) is 0 Å². The van der Waals surface area contributed by atoms with E-state index in [0.717, 1.165) is 17.8 Å². The molecule has 0 aromatic carbocycles. The Kier molecular flexibility index (Phi) is 2.27. The fourth-order valence-electron chi connectivity index (χ4n) is 0.839. The lowest BCUT2D eigenvalue weighted by Crippen LogP contribution is -1.79. The summed E-state index contributed by atoms with van der Waals surface area (Å²) in [4.78, 5) is 0. The first-order valence-electron chi connectivity index (χ1n) is 3.54. The summed E-state index contributed by atoms with van der Waals surface area (Å²) in [6.45, 7) is 0. The molecule has 66 valence electrons. The Bertz CT molecular complexity index is 272. The number of halogens is 2. The first-order chi connectivity index (χ1) is 5.75. The highest BCUT2D eigenvalue weighted by Gasteiger charge is 2.27. The van der Waals surface area contributed by atoms with E-state index in [1.54, 1.807) is 0 Å². The maximum absolute atomic E-state index is 11.8. The Morgan fingerprint density at radius 1 is 1.42 bits per heavy atom. The fraction of sp³-hybridized carbons (Fsp3) is 0.667. The van der Waals surface area contributed by atoms with Crippen molar-refractivity contribution in [3.63, 3.8) is 0 Å². The summed E-state index contributed by atoms with van der Waals surface area (Å²) < 4.78 is 24.1. The average molecular weight is 208 g/mol. The SMILES string of the molecule is FC(F)Sc1nnc(C2CC2)s1. The predicted octanol–water partition coefficient (Wildman–Crippen LogP) is 2.73. The molecule has 0 radical (unpaired) electrons. The third kappa shape index (κ3) is 1.92. The summed E-state index contributed by atoms with van der Waals surface area (Å²) in [5.74, 6) is -1.88. The molecule has 1 aromatic heterocycles. The minimum atomic E-state index is -2.38. The van der Waals surface area contributed by atoms with Gasteiger partial charge < -0.3 is 0 Å². The summed E-state index contributed by atoms with van der Waals surface area (Å²) in [7, 11) is 0. The van der Waals surface area contributed by atoms with E-state index in [1.165, 1.54) is 11.3 Å². The van der Waals surface area contributed by atoms with E-state index < -0.39 is 5.76 Å². The van der Waals surface area contributed by atoms with Gasteiger partial charge in [-0.25, -0.2) is 0 Å². The quantitative estimate of drug-likeness (QED) is 0.714. The smallest absolute Gasteiger partial charge is 0.197 e. The van der Waals surface area contributed by atoms with Gasteiger partial charge in [-0.1, -0.05) is 11.3 Å². The van der Waals surface area contributed by atoms with Crippen molar-refractivity contribution in [3.8, 4) is 0 Å². The van der Waals surface area contributed by atoms with Gasteiger partial charge in [-0.05, 0) is 24.6 Å². The van der Waals surface area contributed by atoms with Gasteiger partial charge in [0.15, 0.2) is 4.34 Å². The van der Waals surface area contributed by atoms with Crippen molar-refractivity contribution in [2.45, 2.75) is 28.9 Å². The molecule has 0 N–H and O–H groups in total. The van der Waals surface area contributed by atoms with E-state index in [1.807, 2.05) is 0 Å². The topological polar surface area (TPSA) is 25.8 Å². The third-order valence-electron chi connectivity index (χ3n) is 1.54. The van der Waals surface area contributed by atoms with E-state index in [0.29, 0.717) is 22.0 Å². The maximum atomic E-state index is 11.8. The van der Waals surface area contributed by atoms with Gasteiger partial charge in [0.2, 0.25) is 0 Å². The number of nitrogens with zero attached hydrogens (tertiary/aromatic N) is 2. The second-order valence-electron chi connectivity index (χ2n) is 2.56. The molecule has 2 nitrogen and oxygen atoms in total. The Labute approximate surface area is 76.4 Å². The molecule has 0 saturated heterocycles. The first-order valence-corrected chi connectivity index (χ1v) is 5.23. The molecule has 1 aliphatic rings. The molecule has 6 heteroatoms. The number of alkyl halides is 2. The summed E-state index contributed by atoms with van der Waals surface area (Å²) in [6.07, 6.45) is 2.27. The lowest BCUT2D eigenvalue weighted by atomic mass is 10.5. The number of thioether (sulfide) groups is 1. The van der Waals surface area contributed by atoms with E-state index in [9.17, 15) is 8.78 Å². The highest BCUT2D eigenvalue weighted by molar-refractivity contribution is 8.01. The number of hydrogen-bond donors (Lipinski definition) is 0. The number of rotatable bonds is 3. The zero-order valence-corrected chi connectivity index (χ0v) is 7.67. The fourth-order valence-corrected chi connectivity index (χ4v) is 2.49. The van der Waals surface area contributed by atoms with Crippen molar-refractivity contribution in [3.05, 3.63) is 5.01 Å². The third-order valence-corrected chi connectivity index (χ3v) is 3.42. The lowest BCUT2D eigenvalue weighted by molar-refractivity contribution is 0.252. The van der Waals surface area contributed by atoms with Crippen LogP contribution in [0.25, 0.3) is 0 Å². The normalized spacial score (nSPS) is 17.2. The van der Waals surface area contributed by atoms with Crippen LogP contribution in [0.15, 0.2) is 4.34 Å². The van der Waals surface area contributed by atoms with Crippen LogP contribution in [-0.2, 0) is 0 Å². The van der Waals surface area contributed by atoms with Crippen molar-refractivity contribution in [2.24, 2.45) is 0 Å². The molecule has 0 aliphatic heterocycles. The predicted molar refractivity (Wildman–Crippen MR) is 43.7 cm³/mol. The highest BCUT2D eigenvalue weighted by atomic mass is 32.2. The Hall–Kier alpha value is -0.230. The average Bonchev–Trinajstić information content (AvgIpc) is 2.73. The molecule has 0 bridgehead atoms. The van der Waals surface area contributed by atoms with Crippen LogP contribution in [0.4, 0.5) is 8.78 Å². The number of hydrogen-bond acceptors (Lipinski definition) is 4. The van der Waals surface area contributed by atoms with Crippen LogP contribution in [0.1, 0.15) is 23.8 Å². The van der Waals surface area contributed by atoms with Crippen molar-refractivity contribution < 1.29 is 8.78 Å². The summed E-state index contributed by atoms with van der Waals surface area (Å²) >= 11 is 1.77. The molecule has 1 saturated carbocycles. The molecule has 0 unspecified atom stereocenters. The van der Waals surface area contributed by atoms with Crippen LogP contribution in [0, 0.1) is 0 Å². The largest absolute Gasteiger partial charge is 0.291 e. The van der Waals surface area contributed by atoms with Crippen molar-refractivity contribution in [1.29, 1.82) is 0 Å². The van der Waals surface area contributed by atoms with Gasteiger partial charge in [-0.15, -0.1) is 10.2 Å². The molecule has 2 rings (SSSR count). The first kappa shape index (κ1) is 8.37. The Morgan fingerprint density at radius 3 is 2.75 bits per heavy atom. The molecule has 1 aromatic rings. The molecule has 1 heterocycles. The summed E-state index contributed by atoms with van der Waals surface area (Å²) in [5, 5.41) is 8.43. The van der Waals surface area contributed by atoms with Gasteiger partial charge in [-0.2, -0.15) is 8.78 Å². The van der Waals surface area contributed by atoms with E-state index in [4.69, 9.17) is 0 Å². The van der Waals surface area contributed by atoms with Crippen LogP contribution >= 0.6 is 23.1 Å². The van der Waals surface area contributed by atoms with Gasteiger partial charge in [0.05, 0.1) is 0 Å². The van der Waals surface area contributed by atoms with Crippen molar-refractivity contribution in [1.82, 2.24) is 10.2 Å². The van der Waals surface area contributed by atoms with Crippen molar-refractivity contribution in [2.75, 3.05) is 0 Å². The second-order valence-corrected chi connectivity index (χ2v) is 4.81. The van der Waals surface area contributed by atoms with Crippen LogP contribution < -0.4 is 0 Å². The van der Waals surface area contributed by atoms with Crippen LogP contribution in [0.3, 0.4) is 0 Å². The van der Waals surface area contributed by atoms with Gasteiger partial charge in [0, 0.05) is 5.92 Å². The molecule has 12 heavy (non-hydrogen) atoms. The standard InChI is InChI=1S/C6H6F2N2S2/c7-5(8)12-6-10-9-4(11-6)3-1-2-3/h3,5H,1-2H2.